The lowest BCUT2D eigenvalue weighted by Crippen LogP contribution is -2.30. The quantitative estimate of drug-likeness (QED) is 0.670. The molecular weight excluding hydrogens is 340 g/mol. The molecule has 0 amide bonds. The number of benzene rings is 3. The summed E-state index contributed by atoms with van der Waals surface area (Å²) in [6.07, 6.45) is 0. The molecule has 0 aliphatic carbocycles. The van der Waals surface area contributed by atoms with Crippen LogP contribution in [-0.4, -0.2) is 18.0 Å². The Morgan fingerprint density at radius 2 is 1.38 bits per heavy atom. The Morgan fingerprint density at radius 3 is 1.88 bits per heavy atom. The van der Waals surface area contributed by atoms with Gasteiger partial charge in [-0.05, 0) is 40.6 Å². The van der Waals surface area contributed by atoms with Gasteiger partial charge in [0.05, 0.1) is 7.11 Å². The van der Waals surface area contributed by atoms with Crippen LogP contribution in [0.25, 0.3) is 0 Å². The molecule has 2 nitrogen and oxygen atoms in total. The van der Waals surface area contributed by atoms with Crippen molar-refractivity contribution in [2.75, 3.05) is 12.9 Å². The van der Waals surface area contributed by atoms with E-state index in [1.807, 2.05) is 84.9 Å². The number of hydrogen-bond donors (Lipinski definition) is 1. The third kappa shape index (κ3) is 4.29. The molecule has 0 heterocycles. The second kappa shape index (κ2) is 8.62. The summed E-state index contributed by atoms with van der Waals surface area (Å²) in [6, 6.07) is 27.1. The second-order valence-electron chi connectivity index (χ2n) is 5.84. The molecule has 1 N–H and O–H groups in total. The molecule has 0 aliphatic rings. The van der Waals surface area contributed by atoms with Crippen LogP contribution in [0.15, 0.2) is 84.9 Å². The number of thioether (sulfide) groups is 1. The van der Waals surface area contributed by atoms with Gasteiger partial charge >= 0.3 is 0 Å². The average Bonchev–Trinajstić information content (AvgIpc) is 2.73. The molecule has 130 valence electrons. The number of aliphatic hydroxyl groups is 1. The molecule has 0 aromatic heterocycles. The van der Waals surface area contributed by atoms with Gasteiger partial charge in [-0.3, -0.25) is 0 Å². The maximum atomic E-state index is 11.4. The van der Waals surface area contributed by atoms with Crippen molar-refractivity contribution in [3.05, 3.63) is 102 Å². The highest BCUT2D eigenvalue weighted by molar-refractivity contribution is 8.03. The summed E-state index contributed by atoms with van der Waals surface area (Å²) in [5, 5.41) is 14.5. The summed E-state index contributed by atoms with van der Waals surface area (Å²) in [5.41, 5.74) is 1.57. The monoisotopic (exact) mass is 360 g/mol. The second-order valence-corrected chi connectivity index (χ2v) is 6.62. The Balaban J connectivity index is 1.78. The van der Waals surface area contributed by atoms with Crippen molar-refractivity contribution in [1.29, 1.82) is 0 Å². The largest absolute Gasteiger partial charge is 0.497 e. The van der Waals surface area contributed by atoms with Gasteiger partial charge in [-0.1, -0.05) is 78.3 Å². The van der Waals surface area contributed by atoms with Crippen LogP contribution in [0, 0.1) is 11.2 Å². The standard InChI is InChI=1S/C23H20O2S/c1-25-22-14-12-19(13-15-22)16-17-26-18-23(24,20-8-4-2-5-9-20)21-10-6-3-7-11-21/h2-15,24H,18H2,1H3. The molecular formula is C23H20O2S. The Hall–Kier alpha value is -2.67. The molecule has 3 heteroatoms. The van der Waals surface area contributed by atoms with E-state index in [1.54, 1.807) is 7.11 Å². The SMILES string of the molecule is COc1ccc(C#CSCC(O)(c2ccccc2)c2ccccc2)cc1. The number of rotatable bonds is 5. The zero-order valence-electron chi connectivity index (χ0n) is 14.6. The number of ether oxygens (including phenoxy) is 1. The van der Waals surface area contributed by atoms with Crippen molar-refractivity contribution in [3.8, 4) is 16.9 Å². The molecule has 0 atom stereocenters. The van der Waals surface area contributed by atoms with Crippen LogP contribution in [0.3, 0.4) is 0 Å². The van der Waals surface area contributed by atoms with Gasteiger partial charge in [0.15, 0.2) is 0 Å². The number of hydrogen-bond acceptors (Lipinski definition) is 3. The topological polar surface area (TPSA) is 29.5 Å². The highest BCUT2D eigenvalue weighted by atomic mass is 32.2. The maximum Gasteiger partial charge on any atom is 0.125 e. The van der Waals surface area contributed by atoms with Crippen LogP contribution in [-0.2, 0) is 5.60 Å². The predicted octanol–water partition coefficient (Wildman–Crippen LogP) is 4.67. The predicted molar refractivity (Wildman–Crippen MR) is 108 cm³/mol. The minimum absolute atomic E-state index is 0.449. The van der Waals surface area contributed by atoms with Crippen LogP contribution in [0.5, 0.6) is 5.75 Å². The highest BCUT2D eigenvalue weighted by Gasteiger charge is 2.31. The van der Waals surface area contributed by atoms with E-state index in [0.717, 1.165) is 22.4 Å². The minimum atomic E-state index is -1.08. The molecule has 0 spiro atoms. The zero-order valence-corrected chi connectivity index (χ0v) is 15.4. The molecule has 0 radical (unpaired) electrons. The van der Waals surface area contributed by atoms with Gasteiger partial charge in [-0.2, -0.15) is 0 Å². The fourth-order valence-corrected chi connectivity index (χ4v) is 3.48. The summed E-state index contributed by atoms with van der Waals surface area (Å²) >= 11 is 1.41. The van der Waals surface area contributed by atoms with E-state index in [0.29, 0.717) is 5.75 Å². The Labute approximate surface area is 158 Å². The first-order valence-corrected chi connectivity index (χ1v) is 9.31. The van der Waals surface area contributed by atoms with Gasteiger partial charge in [-0.25, -0.2) is 0 Å². The van der Waals surface area contributed by atoms with E-state index in [9.17, 15) is 5.11 Å². The Morgan fingerprint density at radius 1 is 0.846 bits per heavy atom. The lowest BCUT2D eigenvalue weighted by Gasteiger charge is -2.28. The van der Waals surface area contributed by atoms with Crippen LogP contribution >= 0.6 is 11.8 Å². The van der Waals surface area contributed by atoms with Gasteiger partial charge in [-0.15, -0.1) is 0 Å². The average molecular weight is 360 g/mol. The Bertz CT molecular complexity index is 839. The fourth-order valence-electron chi connectivity index (χ4n) is 2.67. The van der Waals surface area contributed by atoms with Crippen molar-refractivity contribution in [3.63, 3.8) is 0 Å². The lowest BCUT2D eigenvalue weighted by molar-refractivity contribution is 0.108. The summed E-state index contributed by atoms with van der Waals surface area (Å²) in [6.45, 7) is 0. The van der Waals surface area contributed by atoms with Crippen molar-refractivity contribution >= 4 is 11.8 Å². The Kier molecular flexibility index (Phi) is 6.01. The summed E-state index contributed by atoms with van der Waals surface area (Å²) in [4.78, 5) is 0. The molecule has 0 saturated heterocycles. The van der Waals surface area contributed by atoms with E-state index in [1.165, 1.54) is 11.8 Å². The summed E-state index contributed by atoms with van der Waals surface area (Å²) in [7, 11) is 1.64. The third-order valence-electron chi connectivity index (χ3n) is 4.14. The maximum absolute atomic E-state index is 11.4. The van der Waals surface area contributed by atoms with E-state index in [-0.39, 0.29) is 0 Å². The van der Waals surface area contributed by atoms with Crippen molar-refractivity contribution < 1.29 is 9.84 Å². The van der Waals surface area contributed by atoms with Gasteiger partial charge in [0.1, 0.15) is 11.4 Å². The molecule has 0 unspecified atom stereocenters. The summed E-state index contributed by atoms with van der Waals surface area (Å²) < 4.78 is 5.15. The van der Waals surface area contributed by atoms with E-state index >= 15 is 0 Å². The molecule has 0 fully saturated rings. The van der Waals surface area contributed by atoms with E-state index in [2.05, 4.69) is 11.2 Å². The number of methoxy groups -OCH3 is 1. The van der Waals surface area contributed by atoms with Crippen LogP contribution in [0.1, 0.15) is 16.7 Å². The molecule has 3 aromatic carbocycles. The van der Waals surface area contributed by atoms with Crippen LogP contribution in [0.4, 0.5) is 0 Å². The minimum Gasteiger partial charge on any atom is -0.497 e. The first-order valence-electron chi connectivity index (χ1n) is 8.33. The molecule has 0 saturated carbocycles. The third-order valence-corrected chi connectivity index (χ3v) is 4.95. The fraction of sp³-hybridized carbons (Fsp3) is 0.130. The molecule has 0 aliphatic heterocycles. The van der Waals surface area contributed by atoms with Gasteiger partial charge in [0.25, 0.3) is 0 Å². The van der Waals surface area contributed by atoms with Gasteiger partial charge in [0, 0.05) is 11.3 Å². The van der Waals surface area contributed by atoms with E-state index in [4.69, 9.17) is 4.74 Å². The summed E-state index contributed by atoms with van der Waals surface area (Å²) in [5.74, 6) is 4.38. The van der Waals surface area contributed by atoms with Crippen LogP contribution < -0.4 is 4.74 Å². The van der Waals surface area contributed by atoms with E-state index < -0.39 is 5.60 Å². The van der Waals surface area contributed by atoms with Crippen molar-refractivity contribution in [2.45, 2.75) is 5.60 Å². The molecule has 26 heavy (non-hydrogen) atoms. The molecule has 3 aromatic rings. The first kappa shape index (κ1) is 18.1. The highest BCUT2D eigenvalue weighted by Crippen LogP contribution is 2.32. The molecule has 0 bridgehead atoms. The normalized spacial score (nSPS) is 10.7. The first-order chi connectivity index (χ1) is 12.7. The molecule has 3 rings (SSSR count). The zero-order chi connectivity index (χ0) is 18.2. The lowest BCUT2D eigenvalue weighted by atomic mass is 9.88. The van der Waals surface area contributed by atoms with Crippen molar-refractivity contribution in [2.24, 2.45) is 0 Å². The van der Waals surface area contributed by atoms with Crippen molar-refractivity contribution in [1.82, 2.24) is 0 Å². The van der Waals surface area contributed by atoms with Gasteiger partial charge < -0.3 is 9.84 Å². The van der Waals surface area contributed by atoms with Crippen LogP contribution in [0.2, 0.25) is 0 Å². The van der Waals surface area contributed by atoms with Gasteiger partial charge in [0.2, 0.25) is 0 Å². The smallest absolute Gasteiger partial charge is 0.125 e.